The molecule has 0 aliphatic rings. The maximum Gasteiger partial charge on any atom is 0.354 e. The molecule has 0 fully saturated rings. The van der Waals surface area contributed by atoms with Crippen LogP contribution in [0.5, 0.6) is 0 Å². The lowest BCUT2D eigenvalue weighted by atomic mass is 10.00. The lowest BCUT2D eigenvalue weighted by Crippen LogP contribution is -2.07. The molecule has 0 spiro atoms. The van der Waals surface area contributed by atoms with Gasteiger partial charge in [-0.3, -0.25) is 0 Å². The number of nitriles is 1. The summed E-state index contributed by atoms with van der Waals surface area (Å²) in [6, 6.07) is 18.3. The number of hydrogen-bond acceptors (Lipinski definition) is 5. The highest BCUT2D eigenvalue weighted by Gasteiger charge is 2.17. The lowest BCUT2D eigenvalue weighted by Gasteiger charge is -2.07. The van der Waals surface area contributed by atoms with Gasteiger partial charge in [-0.25, -0.2) is 14.3 Å². The van der Waals surface area contributed by atoms with Crippen molar-refractivity contribution in [3.05, 3.63) is 88.0 Å². The Morgan fingerprint density at radius 2 is 1.86 bits per heavy atom. The second kappa shape index (κ2) is 6.59. The first kappa shape index (κ1) is 17.2. The van der Waals surface area contributed by atoms with Crippen molar-refractivity contribution in [3.63, 3.8) is 0 Å². The van der Waals surface area contributed by atoms with E-state index in [4.69, 9.17) is 16.0 Å². The molecule has 0 radical (unpaired) electrons. The van der Waals surface area contributed by atoms with Gasteiger partial charge in [0.05, 0.1) is 5.69 Å². The number of nitrogens with zero attached hydrogens (tertiary/aromatic N) is 4. The monoisotopic (exact) mass is 398 g/mol. The lowest BCUT2D eigenvalue weighted by molar-refractivity contribution is 0.559. The average molecular weight is 399 g/mol. The van der Waals surface area contributed by atoms with Crippen molar-refractivity contribution in [1.29, 1.82) is 5.26 Å². The second-order valence-corrected chi connectivity index (χ2v) is 6.87. The Balaban J connectivity index is 1.73. The third-order valence-corrected chi connectivity index (χ3v) is 4.92. The highest BCUT2D eigenvalue weighted by Crippen LogP contribution is 2.30. The molecule has 0 saturated carbocycles. The third kappa shape index (κ3) is 2.85. The summed E-state index contributed by atoms with van der Waals surface area (Å²) in [6.45, 7) is 0. The molecule has 2 aromatic carbocycles. The van der Waals surface area contributed by atoms with Crippen LogP contribution >= 0.6 is 11.6 Å². The SMILES string of the molecule is N#Cc1c(-c2cnc3cc(-c4ccc(Cl)cc4)nn3c2)c2ccccc2oc1=O. The first-order chi connectivity index (χ1) is 14.1. The molecular formula is C22H11ClN4O2. The molecule has 0 amide bonds. The first-order valence-corrected chi connectivity index (χ1v) is 9.09. The van der Waals surface area contributed by atoms with E-state index in [1.54, 1.807) is 47.2 Å². The van der Waals surface area contributed by atoms with Gasteiger partial charge >= 0.3 is 5.63 Å². The van der Waals surface area contributed by atoms with E-state index in [-0.39, 0.29) is 5.56 Å². The summed E-state index contributed by atoms with van der Waals surface area (Å²) in [5.41, 5.74) is 3.05. The van der Waals surface area contributed by atoms with Crippen molar-refractivity contribution in [2.75, 3.05) is 0 Å². The molecule has 6 nitrogen and oxygen atoms in total. The minimum atomic E-state index is -0.677. The maximum absolute atomic E-state index is 12.3. The molecule has 5 rings (SSSR count). The fourth-order valence-electron chi connectivity index (χ4n) is 3.32. The molecule has 3 heterocycles. The molecule has 0 aliphatic heterocycles. The molecule has 5 aromatic rings. The third-order valence-electron chi connectivity index (χ3n) is 4.67. The van der Waals surface area contributed by atoms with E-state index in [0.29, 0.717) is 32.8 Å². The van der Waals surface area contributed by atoms with E-state index in [1.807, 2.05) is 30.3 Å². The molecular weight excluding hydrogens is 388 g/mol. The van der Waals surface area contributed by atoms with Crippen LogP contribution < -0.4 is 5.63 Å². The minimum absolute atomic E-state index is 0.0602. The van der Waals surface area contributed by atoms with E-state index >= 15 is 0 Å². The summed E-state index contributed by atoms with van der Waals surface area (Å²) in [5.74, 6) is 0. The van der Waals surface area contributed by atoms with Gasteiger partial charge in [-0.2, -0.15) is 10.4 Å². The zero-order valence-corrected chi connectivity index (χ0v) is 15.6. The Labute approximate surface area is 169 Å². The van der Waals surface area contributed by atoms with Crippen LogP contribution in [0.4, 0.5) is 0 Å². The van der Waals surface area contributed by atoms with Gasteiger partial charge in [0.15, 0.2) is 5.65 Å². The maximum atomic E-state index is 12.3. The van der Waals surface area contributed by atoms with Gasteiger partial charge in [0, 0.05) is 45.6 Å². The largest absolute Gasteiger partial charge is 0.422 e. The van der Waals surface area contributed by atoms with Gasteiger partial charge in [-0.1, -0.05) is 41.9 Å². The summed E-state index contributed by atoms with van der Waals surface area (Å²) in [4.78, 5) is 16.8. The highest BCUT2D eigenvalue weighted by atomic mass is 35.5. The molecule has 29 heavy (non-hydrogen) atoms. The molecule has 0 unspecified atom stereocenters. The molecule has 0 aliphatic carbocycles. The number of benzene rings is 2. The summed E-state index contributed by atoms with van der Waals surface area (Å²) >= 11 is 5.96. The van der Waals surface area contributed by atoms with Crippen molar-refractivity contribution in [2.45, 2.75) is 0 Å². The standard InChI is InChI=1S/C22H11ClN4O2/c23-15-7-5-13(6-8-15)18-9-20-25-11-14(12-27(20)26-18)21-16-3-1-2-4-19(16)29-22(28)17(21)10-24/h1-9,11-12H. The van der Waals surface area contributed by atoms with Crippen LogP contribution in [0, 0.1) is 11.3 Å². The van der Waals surface area contributed by atoms with Gasteiger partial charge in [0.1, 0.15) is 17.2 Å². The van der Waals surface area contributed by atoms with E-state index < -0.39 is 5.63 Å². The minimum Gasteiger partial charge on any atom is -0.422 e. The Morgan fingerprint density at radius 1 is 1.07 bits per heavy atom. The van der Waals surface area contributed by atoms with Crippen molar-refractivity contribution in [1.82, 2.24) is 14.6 Å². The van der Waals surface area contributed by atoms with Crippen LogP contribution in [0.2, 0.25) is 5.02 Å². The zero-order chi connectivity index (χ0) is 20.0. The van der Waals surface area contributed by atoms with Crippen LogP contribution in [-0.4, -0.2) is 14.6 Å². The van der Waals surface area contributed by atoms with Crippen molar-refractivity contribution in [2.24, 2.45) is 0 Å². The Bertz CT molecular complexity index is 1490. The van der Waals surface area contributed by atoms with Gasteiger partial charge < -0.3 is 4.42 Å². The Hall–Kier alpha value is -3.95. The normalized spacial score (nSPS) is 11.0. The summed E-state index contributed by atoms with van der Waals surface area (Å²) in [5, 5.41) is 15.4. The fraction of sp³-hybridized carbons (Fsp3) is 0. The molecule has 138 valence electrons. The topological polar surface area (TPSA) is 84.2 Å². The number of halogens is 1. The van der Waals surface area contributed by atoms with E-state index in [2.05, 4.69) is 10.1 Å². The van der Waals surface area contributed by atoms with Crippen LogP contribution in [0.25, 0.3) is 39.0 Å². The Kier molecular flexibility index (Phi) is 3.90. The van der Waals surface area contributed by atoms with Gasteiger partial charge in [-0.15, -0.1) is 0 Å². The molecule has 0 bridgehead atoms. The molecule has 3 aromatic heterocycles. The average Bonchev–Trinajstić information content (AvgIpc) is 3.16. The highest BCUT2D eigenvalue weighted by molar-refractivity contribution is 6.30. The predicted octanol–water partition coefficient (Wildman–Crippen LogP) is 4.69. The number of rotatable bonds is 2. The number of hydrogen-bond donors (Lipinski definition) is 0. The smallest absolute Gasteiger partial charge is 0.354 e. The summed E-state index contributed by atoms with van der Waals surface area (Å²) < 4.78 is 6.90. The van der Waals surface area contributed by atoms with E-state index in [9.17, 15) is 10.1 Å². The van der Waals surface area contributed by atoms with Crippen LogP contribution in [-0.2, 0) is 0 Å². The second-order valence-electron chi connectivity index (χ2n) is 6.43. The van der Waals surface area contributed by atoms with E-state index in [1.165, 1.54) is 0 Å². The Morgan fingerprint density at radius 3 is 2.66 bits per heavy atom. The van der Waals surface area contributed by atoms with Gasteiger partial charge in [-0.05, 0) is 18.2 Å². The van der Waals surface area contributed by atoms with Crippen LogP contribution in [0.1, 0.15) is 5.56 Å². The molecule has 0 atom stereocenters. The summed E-state index contributed by atoms with van der Waals surface area (Å²) in [6.07, 6.45) is 3.38. The first-order valence-electron chi connectivity index (χ1n) is 8.72. The van der Waals surface area contributed by atoms with Crippen LogP contribution in [0.3, 0.4) is 0 Å². The van der Waals surface area contributed by atoms with Crippen molar-refractivity contribution < 1.29 is 4.42 Å². The van der Waals surface area contributed by atoms with Crippen molar-refractivity contribution >= 4 is 28.2 Å². The van der Waals surface area contributed by atoms with Crippen molar-refractivity contribution in [3.8, 4) is 28.5 Å². The summed E-state index contributed by atoms with van der Waals surface area (Å²) in [7, 11) is 0. The molecule has 0 saturated heterocycles. The van der Waals surface area contributed by atoms with Crippen LogP contribution in [0.15, 0.2) is 76.2 Å². The molecule has 0 N–H and O–H groups in total. The van der Waals surface area contributed by atoms with E-state index in [0.717, 1.165) is 11.3 Å². The van der Waals surface area contributed by atoms with Gasteiger partial charge in [0.25, 0.3) is 0 Å². The zero-order valence-electron chi connectivity index (χ0n) is 14.8. The quantitative estimate of drug-likeness (QED) is 0.402. The number of aromatic nitrogens is 3. The van der Waals surface area contributed by atoms with Gasteiger partial charge in [0.2, 0.25) is 0 Å². The fourth-order valence-corrected chi connectivity index (χ4v) is 3.44. The molecule has 7 heteroatoms. The number of para-hydroxylation sites is 1. The predicted molar refractivity (Wildman–Crippen MR) is 110 cm³/mol. The number of fused-ring (bicyclic) bond motifs is 2.